The Bertz CT molecular complexity index is 288. The second kappa shape index (κ2) is 3.81. The van der Waals surface area contributed by atoms with E-state index in [0.717, 1.165) is 12.8 Å². The summed E-state index contributed by atoms with van der Waals surface area (Å²) in [7, 11) is 0. The quantitative estimate of drug-likeness (QED) is 0.662. The average molecular weight is 211 g/mol. The standard InChI is InChI=1S/C10H17N3O2/c1-7(4-11)12-5-10(15)13(6-9(12)14)8-2-3-8/h7-8H,2-6,11H2,1H3. The van der Waals surface area contributed by atoms with Gasteiger partial charge in [-0.1, -0.05) is 0 Å². The number of carbonyl (C=O) groups excluding carboxylic acids is 2. The molecule has 0 spiro atoms. The average Bonchev–Trinajstić information content (AvgIpc) is 3.03. The molecule has 2 rings (SSSR count). The molecule has 5 heteroatoms. The van der Waals surface area contributed by atoms with Gasteiger partial charge in [-0.05, 0) is 19.8 Å². The number of hydrogen-bond donors (Lipinski definition) is 1. The van der Waals surface area contributed by atoms with Crippen LogP contribution in [0.2, 0.25) is 0 Å². The molecule has 2 amide bonds. The zero-order valence-corrected chi connectivity index (χ0v) is 8.98. The summed E-state index contributed by atoms with van der Waals surface area (Å²) >= 11 is 0. The maximum atomic E-state index is 11.8. The van der Waals surface area contributed by atoms with Crippen LogP contribution in [0.15, 0.2) is 0 Å². The third-order valence-electron chi connectivity index (χ3n) is 3.11. The summed E-state index contributed by atoms with van der Waals surface area (Å²) in [4.78, 5) is 26.8. The van der Waals surface area contributed by atoms with E-state index in [1.165, 1.54) is 0 Å². The van der Waals surface area contributed by atoms with Gasteiger partial charge in [0.05, 0.1) is 0 Å². The third kappa shape index (κ3) is 1.97. The highest BCUT2D eigenvalue weighted by molar-refractivity contribution is 5.93. The van der Waals surface area contributed by atoms with Crippen molar-refractivity contribution in [3.63, 3.8) is 0 Å². The lowest BCUT2D eigenvalue weighted by atomic mass is 10.2. The minimum atomic E-state index is -0.0391. The van der Waals surface area contributed by atoms with Gasteiger partial charge in [-0.2, -0.15) is 0 Å². The van der Waals surface area contributed by atoms with Crippen molar-refractivity contribution in [2.45, 2.75) is 31.8 Å². The molecule has 2 aliphatic rings. The van der Waals surface area contributed by atoms with Crippen LogP contribution in [0, 0.1) is 0 Å². The van der Waals surface area contributed by atoms with E-state index in [0.29, 0.717) is 12.6 Å². The molecule has 1 saturated carbocycles. The predicted octanol–water partition coefficient (Wildman–Crippen LogP) is -0.833. The smallest absolute Gasteiger partial charge is 0.242 e. The molecule has 2 fully saturated rings. The van der Waals surface area contributed by atoms with Crippen LogP contribution < -0.4 is 5.73 Å². The van der Waals surface area contributed by atoms with E-state index >= 15 is 0 Å². The van der Waals surface area contributed by atoms with Crippen molar-refractivity contribution in [2.24, 2.45) is 5.73 Å². The molecular formula is C10H17N3O2. The largest absolute Gasteiger partial charge is 0.329 e. The molecule has 1 aliphatic heterocycles. The second-order valence-corrected chi connectivity index (χ2v) is 4.36. The van der Waals surface area contributed by atoms with E-state index < -0.39 is 0 Å². The zero-order chi connectivity index (χ0) is 11.0. The van der Waals surface area contributed by atoms with E-state index in [9.17, 15) is 9.59 Å². The Morgan fingerprint density at radius 3 is 2.53 bits per heavy atom. The van der Waals surface area contributed by atoms with Gasteiger partial charge in [0, 0.05) is 18.6 Å². The summed E-state index contributed by atoms with van der Waals surface area (Å²) < 4.78 is 0. The van der Waals surface area contributed by atoms with Crippen LogP contribution in [-0.2, 0) is 9.59 Å². The highest BCUT2D eigenvalue weighted by atomic mass is 16.2. The maximum absolute atomic E-state index is 11.8. The van der Waals surface area contributed by atoms with Crippen molar-refractivity contribution in [3.8, 4) is 0 Å². The number of nitrogens with zero attached hydrogens (tertiary/aromatic N) is 2. The molecule has 1 unspecified atom stereocenters. The van der Waals surface area contributed by atoms with Crippen LogP contribution in [0.25, 0.3) is 0 Å². The SMILES string of the molecule is CC(CN)N1CC(=O)N(C2CC2)CC1=O. The molecule has 0 radical (unpaired) electrons. The molecule has 2 N–H and O–H groups in total. The van der Waals surface area contributed by atoms with E-state index in [2.05, 4.69) is 0 Å². The molecule has 0 aromatic carbocycles. The first kappa shape index (κ1) is 10.4. The Kier molecular flexibility index (Phi) is 2.65. The predicted molar refractivity (Wildman–Crippen MR) is 55.0 cm³/mol. The summed E-state index contributed by atoms with van der Waals surface area (Å²) in [6.45, 7) is 2.72. The first-order chi connectivity index (χ1) is 7.13. The van der Waals surface area contributed by atoms with E-state index in [-0.39, 0.29) is 30.9 Å². The monoisotopic (exact) mass is 211 g/mol. The van der Waals surface area contributed by atoms with Gasteiger partial charge in [0.25, 0.3) is 0 Å². The van der Waals surface area contributed by atoms with E-state index in [1.54, 1.807) is 9.80 Å². The topological polar surface area (TPSA) is 66.6 Å². The molecule has 1 atom stereocenters. The van der Waals surface area contributed by atoms with Gasteiger partial charge >= 0.3 is 0 Å². The molecule has 0 aromatic rings. The fraction of sp³-hybridized carbons (Fsp3) is 0.800. The summed E-state index contributed by atoms with van der Waals surface area (Å²) in [5, 5.41) is 0. The van der Waals surface area contributed by atoms with Gasteiger partial charge in [0.15, 0.2) is 0 Å². The molecule has 15 heavy (non-hydrogen) atoms. The van der Waals surface area contributed by atoms with Crippen LogP contribution in [0.3, 0.4) is 0 Å². The Morgan fingerprint density at radius 1 is 1.33 bits per heavy atom. The first-order valence-electron chi connectivity index (χ1n) is 5.42. The summed E-state index contributed by atoms with van der Waals surface area (Å²) in [6, 6.07) is 0.291. The zero-order valence-electron chi connectivity index (χ0n) is 8.98. The lowest BCUT2D eigenvalue weighted by Crippen LogP contribution is -2.58. The first-order valence-corrected chi connectivity index (χ1v) is 5.42. The molecule has 1 aliphatic carbocycles. The van der Waals surface area contributed by atoms with Crippen molar-refractivity contribution >= 4 is 11.8 Å². The Balaban J connectivity index is 2.02. The van der Waals surface area contributed by atoms with Gasteiger partial charge in [0.1, 0.15) is 13.1 Å². The minimum absolute atomic E-state index is 0.0273. The van der Waals surface area contributed by atoms with Gasteiger partial charge in [-0.3, -0.25) is 9.59 Å². The maximum Gasteiger partial charge on any atom is 0.242 e. The normalized spacial score (nSPS) is 24.7. The van der Waals surface area contributed by atoms with Crippen LogP contribution in [0.4, 0.5) is 0 Å². The fourth-order valence-corrected chi connectivity index (χ4v) is 1.90. The summed E-state index contributed by atoms with van der Waals surface area (Å²) in [5.41, 5.74) is 5.50. The van der Waals surface area contributed by atoms with Crippen LogP contribution in [0.1, 0.15) is 19.8 Å². The number of rotatable bonds is 3. The number of carbonyl (C=O) groups is 2. The van der Waals surface area contributed by atoms with Gasteiger partial charge in [-0.25, -0.2) is 0 Å². The summed E-state index contributed by atoms with van der Waals surface area (Å²) in [6.07, 6.45) is 2.09. The third-order valence-corrected chi connectivity index (χ3v) is 3.11. The molecule has 0 bridgehead atoms. The van der Waals surface area contributed by atoms with Crippen LogP contribution in [0.5, 0.6) is 0 Å². The van der Waals surface area contributed by atoms with Crippen LogP contribution >= 0.6 is 0 Å². The molecule has 1 heterocycles. The molecule has 5 nitrogen and oxygen atoms in total. The Morgan fingerprint density at radius 2 is 2.00 bits per heavy atom. The van der Waals surface area contributed by atoms with Crippen molar-refractivity contribution in [2.75, 3.05) is 19.6 Å². The highest BCUT2D eigenvalue weighted by Gasteiger charge is 2.39. The molecule has 0 aromatic heterocycles. The van der Waals surface area contributed by atoms with Crippen molar-refractivity contribution in [1.29, 1.82) is 0 Å². The van der Waals surface area contributed by atoms with Gasteiger partial charge in [0.2, 0.25) is 11.8 Å². The fourth-order valence-electron chi connectivity index (χ4n) is 1.90. The number of nitrogens with two attached hydrogens (primary N) is 1. The van der Waals surface area contributed by atoms with Gasteiger partial charge in [-0.15, -0.1) is 0 Å². The lowest BCUT2D eigenvalue weighted by Gasteiger charge is -2.37. The Hall–Kier alpha value is -1.10. The molecule has 1 saturated heterocycles. The van der Waals surface area contributed by atoms with Crippen LogP contribution in [-0.4, -0.2) is 53.3 Å². The Labute approximate surface area is 89.2 Å². The molecule has 84 valence electrons. The number of piperazine rings is 1. The highest BCUT2D eigenvalue weighted by Crippen LogP contribution is 2.28. The van der Waals surface area contributed by atoms with Crippen molar-refractivity contribution in [1.82, 2.24) is 9.80 Å². The minimum Gasteiger partial charge on any atom is -0.329 e. The van der Waals surface area contributed by atoms with Gasteiger partial charge < -0.3 is 15.5 Å². The molecular weight excluding hydrogens is 194 g/mol. The lowest BCUT2D eigenvalue weighted by molar-refractivity contribution is -0.152. The number of amides is 2. The van der Waals surface area contributed by atoms with E-state index in [4.69, 9.17) is 5.73 Å². The summed E-state index contributed by atoms with van der Waals surface area (Å²) in [5.74, 6) is 0.0943. The number of hydrogen-bond acceptors (Lipinski definition) is 3. The van der Waals surface area contributed by atoms with Crippen molar-refractivity contribution < 1.29 is 9.59 Å². The van der Waals surface area contributed by atoms with Crippen molar-refractivity contribution in [3.05, 3.63) is 0 Å². The second-order valence-electron chi connectivity index (χ2n) is 4.36. The van der Waals surface area contributed by atoms with E-state index in [1.807, 2.05) is 6.92 Å².